The Kier molecular flexibility index (Phi) is 3.69. The van der Waals surface area contributed by atoms with Crippen molar-refractivity contribution in [2.24, 2.45) is 11.7 Å². The van der Waals surface area contributed by atoms with Crippen molar-refractivity contribution in [3.8, 4) is 0 Å². The molecule has 1 aliphatic carbocycles. The van der Waals surface area contributed by atoms with E-state index in [1.807, 2.05) is 24.3 Å². The Morgan fingerprint density at radius 3 is 3.00 bits per heavy atom. The number of aromatic amines is 1. The highest BCUT2D eigenvalue weighted by Crippen LogP contribution is 2.31. The molecule has 0 spiro atoms. The van der Waals surface area contributed by atoms with Crippen molar-refractivity contribution in [3.63, 3.8) is 0 Å². The molecule has 106 valence electrons. The van der Waals surface area contributed by atoms with E-state index in [1.165, 1.54) is 12.8 Å². The van der Waals surface area contributed by atoms with Crippen LogP contribution in [-0.2, 0) is 11.2 Å². The second kappa shape index (κ2) is 5.63. The molecule has 20 heavy (non-hydrogen) atoms. The molecule has 1 saturated carbocycles. The van der Waals surface area contributed by atoms with Gasteiger partial charge < -0.3 is 16.0 Å². The van der Waals surface area contributed by atoms with Gasteiger partial charge in [0.25, 0.3) is 0 Å². The zero-order chi connectivity index (χ0) is 13.9. The standard InChI is InChI=1S/C15H20N4O/c16-11(10-5-6-10)9-17-15(20)8-7-14-18-12-3-1-2-4-13(12)19-14/h1-4,10-11H,5-9,16H2,(H,17,20)(H,18,19). The van der Waals surface area contributed by atoms with Crippen molar-refractivity contribution in [2.45, 2.75) is 31.7 Å². The van der Waals surface area contributed by atoms with Gasteiger partial charge in [-0.15, -0.1) is 0 Å². The number of hydrogen-bond acceptors (Lipinski definition) is 3. The Hall–Kier alpha value is -1.88. The minimum absolute atomic E-state index is 0.0431. The van der Waals surface area contributed by atoms with E-state index in [0.29, 0.717) is 25.3 Å². The first-order valence-electron chi connectivity index (χ1n) is 7.18. The Balaban J connectivity index is 1.47. The molecular formula is C15H20N4O. The number of H-pyrrole nitrogens is 1. The molecule has 0 bridgehead atoms. The Labute approximate surface area is 118 Å². The molecule has 1 unspecified atom stereocenters. The number of fused-ring (bicyclic) bond motifs is 1. The predicted molar refractivity (Wildman–Crippen MR) is 78.1 cm³/mol. The highest BCUT2D eigenvalue weighted by molar-refractivity contribution is 5.77. The first-order chi connectivity index (χ1) is 9.72. The summed E-state index contributed by atoms with van der Waals surface area (Å²) in [6, 6.07) is 7.99. The van der Waals surface area contributed by atoms with Gasteiger partial charge in [-0.25, -0.2) is 4.98 Å². The number of para-hydroxylation sites is 2. The first-order valence-corrected chi connectivity index (χ1v) is 7.18. The summed E-state index contributed by atoms with van der Waals surface area (Å²) >= 11 is 0. The number of carbonyl (C=O) groups is 1. The van der Waals surface area contributed by atoms with Gasteiger partial charge in [0.2, 0.25) is 5.91 Å². The Morgan fingerprint density at radius 2 is 2.25 bits per heavy atom. The van der Waals surface area contributed by atoms with Crippen molar-refractivity contribution < 1.29 is 4.79 Å². The smallest absolute Gasteiger partial charge is 0.220 e. The predicted octanol–water partition coefficient (Wildman–Crippen LogP) is 1.35. The number of rotatable bonds is 6. The van der Waals surface area contributed by atoms with E-state index >= 15 is 0 Å². The number of aryl methyl sites for hydroxylation is 1. The average molecular weight is 272 g/mol. The molecule has 1 fully saturated rings. The highest BCUT2D eigenvalue weighted by Gasteiger charge is 2.28. The summed E-state index contributed by atoms with van der Waals surface area (Å²) < 4.78 is 0. The van der Waals surface area contributed by atoms with E-state index in [0.717, 1.165) is 16.9 Å². The van der Waals surface area contributed by atoms with E-state index in [4.69, 9.17) is 5.73 Å². The van der Waals surface area contributed by atoms with Crippen LogP contribution in [0.3, 0.4) is 0 Å². The summed E-state index contributed by atoms with van der Waals surface area (Å²) in [7, 11) is 0. The van der Waals surface area contributed by atoms with Crippen LogP contribution < -0.4 is 11.1 Å². The lowest BCUT2D eigenvalue weighted by Crippen LogP contribution is -2.38. The van der Waals surface area contributed by atoms with Crippen molar-refractivity contribution in [2.75, 3.05) is 6.54 Å². The molecule has 0 aliphatic heterocycles. The number of nitrogens with zero attached hydrogens (tertiary/aromatic N) is 1. The maximum atomic E-state index is 11.8. The minimum atomic E-state index is 0.0431. The van der Waals surface area contributed by atoms with E-state index < -0.39 is 0 Å². The number of amides is 1. The summed E-state index contributed by atoms with van der Waals surface area (Å²) in [6.45, 7) is 0.587. The van der Waals surface area contributed by atoms with Crippen LogP contribution in [0.5, 0.6) is 0 Å². The number of imidazole rings is 1. The molecular weight excluding hydrogens is 252 g/mol. The maximum Gasteiger partial charge on any atom is 0.220 e. The van der Waals surface area contributed by atoms with Gasteiger partial charge in [0, 0.05) is 25.4 Å². The minimum Gasteiger partial charge on any atom is -0.355 e. The fourth-order valence-electron chi connectivity index (χ4n) is 2.37. The zero-order valence-electron chi connectivity index (χ0n) is 11.4. The first kappa shape index (κ1) is 13.1. The molecule has 1 heterocycles. The number of carbonyl (C=O) groups excluding carboxylic acids is 1. The van der Waals surface area contributed by atoms with Crippen LogP contribution in [0.2, 0.25) is 0 Å². The van der Waals surface area contributed by atoms with E-state index in [9.17, 15) is 4.79 Å². The number of nitrogens with one attached hydrogen (secondary N) is 2. The second-order valence-electron chi connectivity index (χ2n) is 5.51. The fraction of sp³-hybridized carbons (Fsp3) is 0.467. The third-order valence-corrected chi connectivity index (χ3v) is 3.79. The molecule has 1 aromatic carbocycles. The van der Waals surface area contributed by atoms with Crippen LogP contribution >= 0.6 is 0 Å². The number of benzene rings is 1. The van der Waals surface area contributed by atoms with Crippen LogP contribution in [0.25, 0.3) is 11.0 Å². The van der Waals surface area contributed by atoms with Crippen molar-refractivity contribution in [1.82, 2.24) is 15.3 Å². The highest BCUT2D eigenvalue weighted by atomic mass is 16.1. The third-order valence-electron chi connectivity index (χ3n) is 3.79. The van der Waals surface area contributed by atoms with Crippen molar-refractivity contribution in [1.29, 1.82) is 0 Å². The van der Waals surface area contributed by atoms with Gasteiger partial charge in [0.15, 0.2) is 0 Å². The lowest BCUT2D eigenvalue weighted by molar-refractivity contribution is -0.121. The van der Waals surface area contributed by atoms with Crippen LogP contribution in [0.1, 0.15) is 25.1 Å². The molecule has 3 rings (SSSR count). The number of nitrogens with two attached hydrogens (primary N) is 1. The topological polar surface area (TPSA) is 83.8 Å². The van der Waals surface area contributed by atoms with E-state index in [1.54, 1.807) is 0 Å². The normalized spacial score (nSPS) is 16.2. The summed E-state index contributed by atoms with van der Waals surface area (Å²) in [6.07, 6.45) is 3.47. The van der Waals surface area contributed by atoms with Gasteiger partial charge in [0.1, 0.15) is 5.82 Å². The van der Waals surface area contributed by atoms with Crippen LogP contribution in [-0.4, -0.2) is 28.5 Å². The Bertz CT molecular complexity index is 570. The summed E-state index contributed by atoms with van der Waals surface area (Å²) in [5, 5.41) is 2.90. The fourth-order valence-corrected chi connectivity index (χ4v) is 2.37. The molecule has 5 heteroatoms. The summed E-state index contributed by atoms with van der Waals surface area (Å²) in [4.78, 5) is 19.5. The van der Waals surface area contributed by atoms with Gasteiger partial charge in [-0.2, -0.15) is 0 Å². The average Bonchev–Trinajstić information content (AvgIpc) is 3.22. The molecule has 1 amide bonds. The lowest BCUT2D eigenvalue weighted by Gasteiger charge is -2.11. The van der Waals surface area contributed by atoms with Crippen molar-refractivity contribution in [3.05, 3.63) is 30.1 Å². The summed E-state index contributed by atoms with van der Waals surface area (Å²) in [5.41, 5.74) is 7.91. The SMILES string of the molecule is NC(CNC(=O)CCc1nc2ccccc2[nH]1)C1CC1. The van der Waals surface area contributed by atoms with Gasteiger partial charge in [0.05, 0.1) is 11.0 Å². The number of aromatic nitrogens is 2. The van der Waals surface area contributed by atoms with Gasteiger partial charge in [-0.3, -0.25) is 4.79 Å². The van der Waals surface area contributed by atoms with Crippen molar-refractivity contribution >= 4 is 16.9 Å². The molecule has 2 aromatic rings. The number of hydrogen-bond donors (Lipinski definition) is 3. The maximum absolute atomic E-state index is 11.8. The van der Waals surface area contributed by atoms with Crippen LogP contribution in [0, 0.1) is 5.92 Å². The molecule has 5 nitrogen and oxygen atoms in total. The van der Waals surface area contributed by atoms with Crippen LogP contribution in [0.4, 0.5) is 0 Å². The van der Waals surface area contributed by atoms with Gasteiger partial charge >= 0.3 is 0 Å². The molecule has 1 aromatic heterocycles. The molecule has 0 saturated heterocycles. The Morgan fingerprint density at radius 1 is 1.45 bits per heavy atom. The van der Waals surface area contributed by atoms with Gasteiger partial charge in [-0.05, 0) is 30.9 Å². The van der Waals surface area contributed by atoms with Crippen LogP contribution in [0.15, 0.2) is 24.3 Å². The second-order valence-corrected chi connectivity index (χ2v) is 5.51. The largest absolute Gasteiger partial charge is 0.355 e. The quantitative estimate of drug-likeness (QED) is 0.742. The third kappa shape index (κ3) is 3.17. The molecule has 1 aliphatic rings. The van der Waals surface area contributed by atoms with E-state index in [-0.39, 0.29) is 11.9 Å². The van der Waals surface area contributed by atoms with Gasteiger partial charge in [-0.1, -0.05) is 12.1 Å². The monoisotopic (exact) mass is 272 g/mol. The molecule has 4 N–H and O–H groups in total. The van der Waals surface area contributed by atoms with E-state index in [2.05, 4.69) is 15.3 Å². The zero-order valence-corrected chi connectivity index (χ0v) is 11.4. The summed E-state index contributed by atoms with van der Waals surface area (Å²) in [5.74, 6) is 1.51. The molecule has 0 radical (unpaired) electrons. The molecule has 1 atom stereocenters. The lowest BCUT2D eigenvalue weighted by atomic mass is 10.2.